The largest absolute Gasteiger partial charge is 0.0616 e. The van der Waals surface area contributed by atoms with Crippen molar-refractivity contribution < 1.29 is 0 Å². The van der Waals surface area contributed by atoms with E-state index in [0.717, 1.165) is 12.8 Å². The minimum absolute atomic E-state index is 0.410. The van der Waals surface area contributed by atoms with E-state index in [4.69, 9.17) is 0 Å². The molecule has 0 amide bonds. The van der Waals surface area contributed by atoms with Gasteiger partial charge in [-0.1, -0.05) is 69.7 Å². The van der Waals surface area contributed by atoms with E-state index in [0.29, 0.717) is 5.41 Å². The summed E-state index contributed by atoms with van der Waals surface area (Å²) in [5.41, 5.74) is 1.86. The SMILES string of the molecule is [CH2]CCC(C)(C)CCc1ccc2ccccc2c1. The van der Waals surface area contributed by atoms with Crippen LogP contribution in [0.4, 0.5) is 0 Å². The van der Waals surface area contributed by atoms with Crippen LogP contribution in [0.25, 0.3) is 10.8 Å². The molecule has 0 fully saturated rings. The molecular weight excluding hydrogens is 216 g/mol. The minimum Gasteiger partial charge on any atom is -0.0616 e. The van der Waals surface area contributed by atoms with Crippen molar-refractivity contribution in [3.05, 3.63) is 55.0 Å². The molecule has 2 rings (SSSR count). The standard InChI is InChI=1S/C18H23/c1-4-12-18(2,3)13-11-15-9-10-16-7-5-6-8-17(16)14-15/h5-10,14H,1,4,11-13H2,2-3H3. The van der Waals surface area contributed by atoms with E-state index in [2.05, 4.69) is 63.2 Å². The number of fused-ring (bicyclic) bond motifs is 1. The van der Waals surface area contributed by atoms with Crippen LogP contribution in [0.15, 0.2) is 42.5 Å². The maximum atomic E-state index is 3.97. The van der Waals surface area contributed by atoms with Gasteiger partial charge >= 0.3 is 0 Å². The molecular formula is C18H23. The van der Waals surface area contributed by atoms with Gasteiger partial charge in [0.25, 0.3) is 0 Å². The van der Waals surface area contributed by atoms with Gasteiger partial charge in [0.05, 0.1) is 0 Å². The van der Waals surface area contributed by atoms with Crippen LogP contribution in [0.1, 0.15) is 38.7 Å². The second-order valence-electron chi connectivity index (χ2n) is 5.95. The van der Waals surface area contributed by atoms with E-state index in [-0.39, 0.29) is 0 Å². The molecule has 0 aliphatic heterocycles. The van der Waals surface area contributed by atoms with Crippen LogP contribution in [0, 0.1) is 12.3 Å². The molecule has 0 heteroatoms. The number of benzene rings is 2. The van der Waals surface area contributed by atoms with Gasteiger partial charge in [0.15, 0.2) is 0 Å². The van der Waals surface area contributed by atoms with E-state index in [1.54, 1.807) is 0 Å². The lowest BCUT2D eigenvalue weighted by atomic mass is 9.82. The molecule has 0 unspecified atom stereocenters. The van der Waals surface area contributed by atoms with Gasteiger partial charge in [-0.2, -0.15) is 0 Å². The third kappa shape index (κ3) is 3.35. The second-order valence-corrected chi connectivity index (χ2v) is 5.95. The Kier molecular flexibility index (Phi) is 4.06. The van der Waals surface area contributed by atoms with Gasteiger partial charge in [0.1, 0.15) is 0 Å². The highest BCUT2D eigenvalue weighted by molar-refractivity contribution is 5.82. The summed E-state index contributed by atoms with van der Waals surface area (Å²) in [6.45, 7) is 8.66. The van der Waals surface area contributed by atoms with Crippen molar-refractivity contribution in [3.8, 4) is 0 Å². The fourth-order valence-electron chi connectivity index (χ4n) is 2.48. The van der Waals surface area contributed by atoms with E-state index in [1.807, 2.05) is 0 Å². The highest BCUT2D eigenvalue weighted by Gasteiger charge is 2.16. The Bertz CT molecular complexity index is 508. The van der Waals surface area contributed by atoms with Gasteiger partial charge in [0, 0.05) is 0 Å². The first-order chi connectivity index (χ1) is 8.61. The van der Waals surface area contributed by atoms with Gasteiger partial charge in [0.2, 0.25) is 0 Å². The Morgan fingerprint density at radius 3 is 2.39 bits per heavy atom. The summed E-state index contributed by atoms with van der Waals surface area (Å²) >= 11 is 0. The van der Waals surface area contributed by atoms with Crippen molar-refractivity contribution in [2.24, 2.45) is 5.41 Å². The first-order valence-corrected chi connectivity index (χ1v) is 6.88. The Hall–Kier alpha value is -1.30. The van der Waals surface area contributed by atoms with Crippen LogP contribution in [0.2, 0.25) is 0 Å². The Morgan fingerprint density at radius 2 is 1.67 bits per heavy atom. The van der Waals surface area contributed by atoms with Crippen molar-refractivity contribution in [3.63, 3.8) is 0 Å². The van der Waals surface area contributed by atoms with Crippen molar-refractivity contribution in [1.29, 1.82) is 0 Å². The van der Waals surface area contributed by atoms with Crippen molar-refractivity contribution >= 4 is 10.8 Å². The van der Waals surface area contributed by atoms with Crippen molar-refractivity contribution in [1.82, 2.24) is 0 Å². The summed E-state index contributed by atoms with van der Waals surface area (Å²) in [5.74, 6) is 0. The third-order valence-corrected chi connectivity index (χ3v) is 3.76. The van der Waals surface area contributed by atoms with Gasteiger partial charge in [-0.25, -0.2) is 0 Å². The number of hydrogen-bond donors (Lipinski definition) is 0. The van der Waals surface area contributed by atoms with Crippen molar-refractivity contribution in [2.45, 2.75) is 39.5 Å². The van der Waals surface area contributed by atoms with Gasteiger partial charge in [-0.3, -0.25) is 0 Å². The molecule has 0 N–H and O–H groups in total. The molecule has 0 nitrogen and oxygen atoms in total. The zero-order valence-electron chi connectivity index (χ0n) is 11.6. The lowest BCUT2D eigenvalue weighted by Crippen LogP contribution is -2.11. The predicted molar refractivity (Wildman–Crippen MR) is 80.6 cm³/mol. The fraction of sp³-hybridized carbons (Fsp3) is 0.389. The molecule has 2 aromatic carbocycles. The third-order valence-electron chi connectivity index (χ3n) is 3.76. The molecule has 0 aliphatic rings. The van der Waals surface area contributed by atoms with Crippen LogP contribution in [0.3, 0.4) is 0 Å². The molecule has 0 bridgehead atoms. The van der Waals surface area contributed by atoms with Crippen LogP contribution >= 0.6 is 0 Å². The van der Waals surface area contributed by atoms with E-state index < -0.39 is 0 Å². The molecule has 0 saturated heterocycles. The molecule has 0 aromatic heterocycles. The summed E-state index contributed by atoms with van der Waals surface area (Å²) in [6.07, 6.45) is 4.64. The monoisotopic (exact) mass is 239 g/mol. The smallest absolute Gasteiger partial charge is 0.0181 e. The fourth-order valence-corrected chi connectivity index (χ4v) is 2.48. The first-order valence-electron chi connectivity index (χ1n) is 6.88. The molecule has 0 spiro atoms. The summed E-state index contributed by atoms with van der Waals surface area (Å²) in [5, 5.41) is 2.68. The second kappa shape index (κ2) is 5.56. The van der Waals surface area contributed by atoms with E-state index in [9.17, 15) is 0 Å². The molecule has 0 atom stereocenters. The maximum absolute atomic E-state index is 3.97. The summed E-state index contributed by atoms with van der Waals surface area (Å²) in [7, 11) is 0. The summed E-state index contributed by atoms with van der Waals surface area (Å²) in [6, 6.07) is 15.4. The van der Waals surface area contributed by atoms with Gasteiger partial charge in [-0.05, 0) is 41.0 Å². The number of rotatable bonds is 5. The van der Waals surface area contributed by atoms with Crippen LogP contribution < -0.4 is 0 Å². The summed E-state index contributed by atoms with van der Waals surface area (Å²) in [4.78, 5) is 0. The number of hydrogen-bond acceptors (Lipinski definition) is 0. The quantitative estimate of drug-likeness (QED) is 0.654. The lowest BCUT2D eigenvalue weighted by Gasteiger charge is -2.23. The summed E-state index contributed by atoms with van der Waals surface area (Å²) < 4.78 is 0. The van der Waals surface area contributed by atoms with Gasteiger partial charge < -0.3 is 0 Å². The Labute approximate surface area is 111 Å². The zero-order chi connectivity index (χ0) is 13.0. The average Bonchev–Trinajstić information content (AvgIpc) is 2.36. The molecule has 95 valence electrons. The van der Waals surface area contributed by atoms with Gasteiger partial charge in [-0.15, -0.1) is 0 Å². The molecule has 18 heavy (non-hydrogen) atoms. The molecule has 2 aromatic rings. The highest BCUT2D eigenvalue weighted by Crippen LogP contribution is 2.28. The minimum atomic E-state index is 0.410. The number of aryl methyl sites for hydroxylation is 1. The molecule has 1 radical (unpaired) electrons. The molecule has 0 heterocycles. The molecule has 0 aliphatic carbocycles. The van der Waals surface area contributed by atoms with Crippen LogP contribution in [-0.2, 0) is 6.42 Å². The Morgan fingerprint density at radius 1 is 0.944 bits per heavy atom. The maximum Gasteiger partial charge on any atom is -0.0181 e. The average molecular weight is 239 g/mol. The van der Waals surface area contributed by atoms with Crippen molar-refractivity contribution in [2.75, 3.05) is 0 Å². The molecule has 0 saturated carbocycles. The predicted octanol–water partition coefficient (Wildman–Crippen LogP) is 5.41. The van der Waals surface area contributed by atoms with Crippen LogP contribution in [0.5, 0.6) is 0 Å². The zero-order valence-corrected chi connectivity index (χ0v) is 11.6. The highest BCUT2D eigenvalue weighted by atomic mass is 14.2. The van der Waals surface area contributed by atoms with E-state index >= 15 is 0 Å². The topological polar surface area (TPSA) is 0 Å². The Balaban J connectivity index is 2.08. The lowest BCUT2D eigenvalue weighted by molar-refractivity contribution is 0.310. The van der Waals surface area contributed by atoms with Crippen LogP contribution in [-0.4, -0.2) is 0 Å². The first kappa shape index (κ1) is 13.1. The van der Waals surface area contributed by atoms with E-state index in [1.165, 1.54) is 29.2 Å². The normalized spacial score (nSPS) is 11.9.